The highest BCUT2D eigenvalue weighted by Gasteiger charge is 2.41. The Hall–Kier alpha value is -1.46. The molecule has 1 saturated carbocycles. The SMILES string of the molecule is CCCCCC(O)C=C(C)[C@H]1C(O)CC(=O)[C@@H]1CC=CCCCC(=O)O. The summed E-state index contributed by atoms with van der Waals surface area (Å²) in [5, 5.41) is 29.1. The van der Waals surface area contributed by atoms with Crippen LogP contribution in [0.1, 0.15) is 71.6 Å². The van der Waals surface area contributed by atoms with Gasteiger partial charge in [-0.1, -0.05) is 50.0 Å². The van der Waals surface area contributed by atoms with E-state index in [1.54, 1.807) is 6.08 Å². The number of unbranched alkanes of at least 4 members (excludes halogenated alkanes) is 3. The van der Waals surface area contributed by atoms with E-state index in [2.05, 4.69) is 6.92 Å². The number of carboxylic acid groups (broad SMARTS) is 1. The summed E-state index contributed by atoms with van der Waals surface area (Å²) >= 11 is 0. The molecule has 0 saturated heterocycles. The molecule has 1 fully saturated rings. The van der Waals surface area contributed by atoms with Crippen molar-refractivity contribution in [2.45, 2.75) is 83.8 Å². The lowest BCUT2D eigenvalue weighted by Gasteiger charge is -2.22. The van der Waals surface area contributed by atoms with Crippen LogP contribution in [0.2, 0.25) is 0 Å². The number of carbonyl (C=O) groups is 2. The Labute approximate surface area is 156 Å². The predicted octanol–water partition coefficient (Wildman–Crippen LogP) is 3.64. The molecule has 148 valence electrons. The van der Waals surface area contributed by atoms with E-state index >= 15 is 0 Å². The van der Waals surface area contributed by atoms with Gasteiger partial charge in [0.1, 0.15) is 5.78 Å². The highest BCUT2D eigenvalue weighted by Crippen LogP contribution is 2.37. The molecule has 0 amide bonds. The summed E-state index contributed by atoms with van der Waals surface area (Å²) in [6, 6.07) is 0. The van der Waals surface area contributed by atoms with Crippen LogP contribution in [-0.2, 0) is 9.59 Å². The van der Waals surface area contributed by atoms with Crippen molar-refractivity contribution in [2.24, 2.45) is 11.8 Å². The van der Waals surface area contributed by atoms with Gasteiger partial charge in [0.15, 0.2) is 0 Å². The van der Waals surface area contributed by atoms with Crippen LogP contribution in [-0.4, -0.2) is 39.3 Å². The van der Waals surface area contributed by atoms with Crippen molar-refractivity contribution < 1.29 is 24.9 Å². The van der Waals surface area contributed by atoms with Gasteiger partial charge in [0, 0.05) is 24.7 Å². The Bertz CT molecular complexity index is 509. The van der Waals surface area contributed by atoms with Crippen LogP contribution < -0.4 is 0 Å². The number of hydrogen-bond acceptors (Lipinski definition) is 4. The van der Waals surface area contributed by atoms with Crippen molar-refractivity contribution in [1.29, 1.82) is 0 Å². The van der Waals surface area contributed by atoms with Crippen LogP contribution in [0.15, 0.2) is 23.8 Å². The third-order valence-corrected chi connectivity index (χ3v) is 5.07. The quantitative estimate of drug-likeness (QED) is 0.362. The van der Waals surface area contributed by atoms with Crippen molar-refractivity contribution in [3.63, 3.8) is 0 Å². The topological polar surface area (TPSA) is 94.8 Å². The fourth-order valence-electron chi connectivity index (χ4n) is 3.68. The summed E-state index contributed by atoms with van der Waals surface area (Å²) in [5.41, 5.74) is 0.886. The first-order chi connectivity index (χ1) is 12.4. The maximum atomic E-state index is 12.2. The van der Waals surface area contributed by atoms with Crippen LogP contribution >= 0.6 is 0 Å². The summed E-state index contributed by atoms with van der Waals surface area (Å²) < 4.78 is 0. The highest BCUT2D eigenvalue weighted by molar-refractivity contribution is 5.85. The fourth-order valence-corrected chi connectivity index (χ4v) is 3.68. The molecule has 0 radical (unpaired) electrons. The molecule has 5 nitrogen and oxygen atoms in total. The fraction of sp³-hybridized carbons (Fsp3) is 0.714. The zero-order valence-corrected chi connectivity index (χ0v) is 16.1. The van der Waals surface area contributed by atoms with Crippen LogP contribution in [0.4, 0.5) is 0 Å². The van der Waals surface area contributed by atoms with E-state index < -0.39 is 18.2 Å². The van der Waals surface area contributed by atoms with Crippen LogP contribution in [0.5, 0.6) is 0 Å². The summed E-state index contributed by atoms with van der Waals surface area (Å²) in [7, 11) is 0. The minimum Gasteiger partial charge on any atom is -0.481 e. The normalized spacial score (nSPS) is 25.2. The summed E-state index contributed by atoms with van der Waals surface area (Å²) in [5.74, 6) is -1.25. The smallest absolute Gasteiger partial charge is 0.303 e. The number of hydrogen-bond donors (Lipinski definition) is 3. The molecule has 0 aromatic heterocycles. The Kier molecular flexibility index (Phi) is 10.4. The standard InChI is InChI=1S/C21H34O5/c1-3-4-7-10-16(22)13-15(2)21-17(18(23)14-19(21)24)11-8-5-6-9-12-20(25)26/h5,8,13,16-17,19,21-22,24H,3-4,6-7,9-12,14H2,1-2H3,(H,25,26)/t16?,17-,19?,21+/m0/s1. The van der Waals surface area contributed by atoms with Gasteiger partial charge in [-0.05, 0) is 32.6 Å². The zero-order valence-electron chi connectivity index (χ0n) is 16.1. The molecule has 0 aromatic rings. The summed E-state index contributed by atoms with van der Waals surface area (Å²) in [4.78, 5) is 22.7. The van der Waals surface area contributed by atoms with Crippen LogP contribution in [0.25, 0.3) is 0 Å². The molecule has 0 aromatic carbocycles. The first kappa shape index (κ1) is 22.6. The number of Topliss-reactive ketones (excluding diaryl/α,β-unsaturated/α-hetero) is 1. The van der Waals surface area contributed by atoms with Gasteiger partial charge in [-0.2, -0.15) is 0 Å². The summed E-state index contributed by atoms with van der Waals surface area (Å²) in [6.45, 7) is 4.01. The molecule has 1 aliphatic carbocycles. The van der Waals surface area contributed by atoms with Gasteiger partial charge in [0.2, 0.25) is 0 Å². The Morgan fingerprint density at radius 3 is 2.65 bits per heavy atom. The monoisotopic (exact) mass is 366 g/mol. The number of rotatable bonds is 12. The van der Waals surface area contributed by atoms with E-state index in [4.69, 9.17) is 5.11 Å². The molecular formula is C21H34O5. The molecule has 3 N–H and O–H groups in total. The first-order valence-electron chi connectivity index (χ1n) is 9.80. The minimum atomic E-state index is -0.800. The van der Waals surface area contributed by atoms with Gasteiger partial charge in [-0.25, -0.2) is 0 Å². The lowest BCUT2D eigenvalue weighted by atomic mass is 9.84. The molecule has 0 aliphatic heterocycles. The minimum absolute atomic E-state index is 0.0610. The molecule has 0 spiro atoms. The lowest BCUT2D eigenvalue weighted by Crippen LogP contribution is -2.22. The molecule has 4 atom stereocenters. The zero-order chi connectivity index (χ0) is 19.5. The maximum absolute atomic E-state index is 12.2. The molecule has 0 heterocycles. The second-order valence-corrected chi connectivity index (χ2v) is 7.34. The average molecular weight is 366 g/mol. The van der Waals surface area contributed by atoms with E-state index in [9.17, 15) is 19.8 Å². The first-order valence-corrected chi connectivity index (χ1v) is 9.80. The highest BCUT2D eigenvalue weighted by atomic mass is 16.4. The lowest BCUT2D eigenvalue weighted by molar-refractivity contribution is -0.137. The number of aliphatic hydroxyl groups is 2. The largest absolute Gasteiger partial charge is 0.481 e. The number of aliphatic carboxylic acids is 1. The van der Waals surface area contributed by atoms with Gasteiger partial charge >= 0.3 is 5.97 Å². The maximum Gasteiger partial charge on any atom is 0.303 e. The number of carbonyl (C=O) groups excluding carboxylic acids is 1. The van der Waals surface area contributed by atoms with Gasteiger partial charge in [0.05, 0.1) is 12.2 Å². The van der Waals surface area contributed by atoms with Crippen molar-refractivity contribution >= 4 is 11.8 Å². The van der Waals surface area contributed by atoms with Crippen molar-refractivity contribution in [2.75, 3.05) is 0 Å². The number of ketones is 1. The van der Waals surface area contributed by atoms with Gasteiger partial charge in [-0.15, -0.1) is 0 Å². The van der Waals surface area contributed by atoms with Crippen LogP contribution in [0.3, 0.4) is 0 Å². The van der Waals surface area contributed by atoms with E-state index in [1.165, 1.54) is 0 Å². The number of aliphatic hydroxyl groups excluding tert-OH is 2. The predicted molar refractivity (Wildman–Crippen MR) is 102 cm³/mol. The van der Waals surface area contributed by atoms with E-state index in [1.807, 2.05) is 19.1 Å². The second kappa shape index (κ2) is 12.0. The molecule has 5 heteroatoms. The van der Waals surface area contributed by atoms with E-state index in [0.29, 0.717) is 25.7 Å². The average Bonchev–Trinajstić information content (AvgIpc) is 2.84. The molecule has 26 heavy (non-hydrogen) atoms. The molecule has 0 bridgehead atoms. The Balaban J connectivity index is 2.61. The van der Waals surface area contributed by atoms with Crippen molar-refractivity contribution in [1.82, 2.24) is 0 Å². The Morgan fingerprint density at radius 1 is 1.27 bits per heavy atom. The van der Waals surface area contributed by atoms with Crippen molar-refractivity contribution in [3.8, 4) is 0 Å². The summed E-state index contributed by atoms with van der Waals surface area (Å²) in [6.07, 6.45) is 10.4. The molecular weight excluding hydrogens is 332 g/mol. The van der Waals surface area contributed by atoms with Gasteiger partial charge in [0.25, 0.3) is 0 Å². The van der Waals surface area contributed by atoms with Gasteiger partial charge in [-0.3, -0.25) is 9.59 Å². The second-order valence-electron chi connectivity index (χ2n) is 7.34. The third-order valence-electron chi connectivity index (χ3n) is 5.07. The van der Waals surface area contributed by atoms with E-state index in [0.717, 1.165) is 24.8 Å². The molecule has 1 aliphatic rings. The number of carboxylic acids is 1. The Morgan fingerprint density at radius 2 is 2.00 bits per heavy atom. The molecule has 2 unspecified atom stereocenters. The van der Waals surface area contributed by atoms with Crippen LogP contribution in [0, 0.1) is 11.8 Å². The third kappa shape index (κ3) is 7.83. The van der Waals surface area contributed by atoms with Gasteiger partial charge < -0.3 is 15.3 Å². The van der Waals surface area contributed by atoms with Crippen molar-refractivity contribution in [3.05, 3.63) is 23.8 Å². The number of allylic oxidation sites excluding steroid dienone is 2. The molecule has 1 rings (SSSR count). The van der Waals surface area contributed by atoms with E-state index in [-0.39, 0.29) is 30.5 Å².